The topological polar surface area (TPSA) is 29.1 Å². The maximum Gasteiger partial charge on any atom is 0.261 e. The molecule has 18 heavy (non-hydrogen) atoms. The Morgan fingerprint density at radius 1 is 1.28 bits per heavy atom. The van der Waals surface area contributed by atoms with Crippen molar-refractivity contribution in [1.29, 1.82) is 0 Å². The van der Waals surface area contributed by atoms with E-state index < -0.39 is 0 Å². The summed E-state index contributed by atoms with van der Waals surface area (Å²) in [7, 11) is 0. The van der Waals surface area contributed by atoms with Crippen LogP contribution in [0.3, 0.4) is 0 Å². The van der Waals surface area contributed by atoms with Crippen molar-refractivity contribution in [2.24, 2.45) is 5.92 Å². The second kappa shape index (κ2) is 5.04. The maximum absolute atomic E-state index is 12.3. The zero-order valence-corrected chi connectivity index (χ0v) is 11.8. The molecule has 1 aromatic heterocycles. The quantitative estimate of drug-likeness (QED) is 0.868. The molecule has 2 aliphatic carbocycles. The van der Waals surface area contributed by atoms with Gasteiger partial charge in [-0.25, -0.2) is 0 Å². The Kier molecular flexibility index (Phi) is 3.42. The predicted molar refractivity (Wildman–Crippen MR) is 75.2 cm³/mol. The number of carbonyl (C=O) groups is 1. The third kappa shape index (κ3) is 2.33. The number of fused-ring (bicyclic) bond motifs is 1. The summed E-state index contributed by atoms with van der Waals surface area (Å²) in [6.07, 6.45) is 8.59. The lowest BCUT2D eigenvalue weighted by Gasteiger charge is -2.29. The summed E-state index contributed by atoms with van der Waals surface area (Å²) < 4.78 is 0. The normalized spacial score (nSPS) is 26.9. The molecule has 1 fully saturated rings. The average Bonchev–Trinajstić information content (AvgIpc) is 2.92. The van der Waals surface area contributed by atoms with Gasteiger partial charge in [0, 0.05) is 10.9 Å². The van der Waals surface area contributed by atoms with Gasteiger partial charge < -0.3 is 5.32 Å². The van der Waals surface area contributed by atoms with Crippen molar-refractivity contribution in [2.45, 2.75) is 57.9 Å². The lowest BCUT2D eigenvalue weighted by Crippen LogP contribution is -2.40. The first kappa shape index (κ1) is 12.2. The van der Waals surface area contributed by atoms with E-state index in [4.69, 9.17) is 0 Å². The lowest BCUT2D eigenvalue weighted by molar-refractivity contribution is 0.0914. The highest BCUT2D eigenvalue weighted by atomic mass is 32.1. The van der Waals surface area contributed by atoms with E-state index in [9.17, 15) is 4.79 Å². The number of carbonyl (C=O) groups excluding carboxylic acids is 1. The van der Waals surface area contributed by atoms with Gasteiger partial charge in [-0.05, 0) is 49.7 Å². The summed E-state index contributed by atoms with van der Waals surface area (Å²) in [4.78, 5) is 14.6. The first-order valence-corrected chi connectivity index (χ1v) is 7.98. The Labute approximate surface area is 113 Å². The summed E-state index contributed by atoms with van der Waals surface area (Å²) in [6.45, 7) is 2.26. The van der Waals surface area contributed by atoms with Crippen molar-refractivity contribution >= 4 is 17.2 Å². The molecule has 2 nitrogen and oxygen atoms in total. The Hall–Kier alpha value is -0.830. The zero-order chi connectivity index (χ0) is 12.5. The van der Waals surface area contributed by atoms with Crippen LogP contribution in [0.5, 0.6) is 0 Å². The van der Waals surface area contributed by atoms with Crippen LogP contribution < -0.4 is 5.32 Å². The fourth-order valence-electron chi connectivity index (χ4n) is 3.21. The van der Waals surface area contributed by atoms with E-state index in [1.54, 1.807) is 11.3 Å². The summed E-state index contributed by atoms with van der Waals surface area (Å²) in [5.74, 6) is 0.794. The van der Waals surface area contributed by atoms with E-state index >= 15 is 0 Å². The van der Waals surface area contributed by atoms with Crippen LogP contribution in [-0.2, 0) is 12.8 Å². The highest BCUT2D eigenvalue weighted by molar-refractivity contribution is 7.14. The van der Waals surface area contributed by atoms with Gasteiger partial charge in [0.05, 0.1) is 4.88 Å². The van der Waals surface area contributed by atoms with E-state index in [0.717, 1.165) is 11.3 Å². The molecule has 0 unspecified atom stereocenters. The van der Waals surface area contributed by atoms with Gasteiger partial charge in [0.15, 0.2) is 0 Å². The van der Waals surface area contributed by atoms with E-state index in [-0.39, 0.29) is 5.91 Å². The molecule has 1 amide bonds. The van der Waals surface area contributed by atoms with Crippen LogP contribution >= 0.6 is 11.3 Å². The monoisotopic (exact) mass is 263 g/mol. The van der Waals surface area contributed by atoms with Crippen LogP contribution in [0.25, 0.3) is 0 Å². The van der Waals surface area contributed by atoms with Crippen molar-refractivity contribution in [3.8, 4) is 0 Å². The summed E-state index contributed by atoms with van der Waals surface area (Å²) in [5.41, 5.74) is 1.42. The van der Waals surface area contributed by atoms with E-state index in [2.05, 4.69) is 18.3 Å². The van der Waals surface area contributed by atoms with E-state index in [1.165, 1.54) is 49.0 Å². The number of nitrogens with one attached hydrogen (secondary N) is 1. The van der Waals surface area contributed by atoms with Gasteiger partial charge >= 0.3 is 0 Å². The molecule has 0 radical (unpaired) electrons. The molecule has 0 aromatic carbocycles. The minimum atomic E-state index is 0.160. The molecule has 0 aliphatic heterocycles. The second-order valence-corrected chi connectivity index (χ2v) is 6.89. The van der Waals surface area contributed by atoms with Gasteiger partial charge in [0.25, 0.3) is 5.91 Å². The van der Waals surface area contributed by atoms with Crippen LogP contribution in [0.4, 0.5) is 0 Å². The molecule has 0 bridgehead atoms. The maximum atomic E-state index is 12.3. The lowest BCUT2D eigenvalue weighted by atomic mass is 9.86. The standard InChI is InChI=1S/C15H21NOS/c1-10-5-2-3-7-12(10)16-15(17)14-9-11-6-4-8-13(11)18-14/h9-10,12H,2-8H2,1H3,(H,16,17)/t10-,12+/m0/s1. The first-order valence-electron chi connectivity index (χ1n) is 7.16. The van der Waals surface area contributed by atoms with Gasteiger partial charge in [-0.3, -0.25) is 4.79 Å². The molecule has 2 atom stereocenters. The third-order valence-corrected chi connectivity index (χ3v) is 5.63. The van der Waals surface area contributed by atoms with Gasteiger partial charge in [0.1, 0.15) is 0 Å². The van der Waals surface area contributed by atoms with E-state index in [0.29, 0.717) is 12.0 Å². The number of hydrogen-bond donors (Lipinski definition) is 1. The third-order valence-electron chi connectivity index (χ3n) is 4.40. The molecule has 1 saturated carbocycles. The SMILES string of the molecule is C[C@H]1CCCC[C@H]1NC(=O)c1cc2c(s1)CCC2. The van der Waals surface area contributed by atoms with Gasteiger partial charge in [-0.2, -0.15) is 0 Å². The number of thiophene rings is 1. The van der Waals surface area contributed by atoms with Crippen molar-refractivity contribution < 1.29 is 4.79 Å². The van der Waals surface area contributed by atoms with Gasteiger partial charge in [-0.1, -0.05) is 19.8 Å². The van der Waals surface area contributed by atoms with E-state index in [1.807, 2.05) is 0 Å². The minimum absolute atomic E-state index is 0.160. The molecule has 0 saturated heterocycles. The van der Waals surface area contributed by atoms with Crippen LogP contribution in [0.15, 0.2) is 6.07 Å². The van der Waals surface area contributed by atoms with Crippen LogP contribution in [0.1, 0.15) is 59.1 Å². The molecule has 98 valence electrons. The van der Waals surface area contributed by atoms with Crippen LogP contribution in [0.2, 0.25) is 0 Å². The van der Waals surface area contributed by atoms with Crippen molar-refractivity contribution in [3.63, 3.8) is 0 Å². The predicted octanol–water partition coefficient (Wildman–Crippen LogP) is 3.55. The Morgan fingerprint density at radius 2 is 2.11 bits per heavy atom. The summed E-state index contributed by atoms with van der Waals surface area (Å²) in [6, 6.07) is 2.51. The number of aryl methyl sites for hydroxylation is 2. The second-order valence-electron chi connectivity index (χ2n) is 5.75. The first-order chi connectivity index (χ1) is 8.74. The number of amides is 1. The largest absolute Gasteiger partial charge is 0.348 e. The zero-order valence-electron chi connectivity index (χ0n) is 11.0. The summed E-state index contributed by atoms with van der Waals surface area (Å²) >= 11 is 1.71. The Bertz CT molecular complexity index is 430. The number of rotatable bonds is 2. The molecule has 2 aliphatic rings. The summed E-state index contributed by atoms with van der Waals surface area (Å²) in [5, 5.41) is 3.25. The molecular weight excluding hydrogens is 242 g/mol. The fraction of sp³-hybridized carbons (Fsp3) is 0.667. The molecule has 1 N–H and O–H groups in total. The smallest absolute Gasteiger partial charge is 0.261 e. The van der Waals surface area contributed by atoms with Gasteiger partial charge in [-0.15, -0.1) is 11.3 Å². The molecule has 1 heterocycles. The van der Waals surface area contributed by atoms with Crippen molar-refractivity contribution in [3.05, 3.63) is 21.4 Å². The average molecular weight is 263 g/mol. The highest BCUT2D eigenvalue weighted by Gasteiger charge is 2.25. The highest BCUT2D eigenvalue weighted by Crippen LogP contribution is 2.31. The molecule has 3 rings (SSSR count). The van der Waals surface area contributed by atoms with Crippen molar-refractivity contribution in [1.82, 2.24) is 5.32 Å². The molecular formula is C15H21NOS. The van der Waals surface area contributed by atoms with Crippen molar-refractivity contribution in [2.75, 3.05) is 0 Å². The Morgan fingerprint density at radius 3 is 2.89 bits per heavy atom. The van der Waals surface area contributed by atoms with Gasteiger partial charge in [0.2, 0.25) is 0 Å². The van der Waals surface area contributed by atoms with Crippen LogP contribution in [-0.4, -0.2) is 11.9 Å². The fourth-order valence-corrected chi connectivity index (χ4v) is 4.37. The molecule has 3 heteroatoms. The molecule has 0 spiro atoms. The Balaban J connectivity index is 1.66. The number of hydrogen-bond acceptors (Lipinski definition) is 2. The molecule has 1 aromatic rings. The minimum Gasteiger partial charge on any atom is -0.348 e. The van der Waals surface area contributed by atoms with Crippen LogP contribution in [0, 0.1) is 5.92 Å².